The number of para-hydroxylation sites is 1. The molecule has 22 heavy (non-hydrogen) atoms. The molecule has 0 spiro atoms. The maximum atomic E-state index is 12.3. The van der Waals surface area contributed by atoms with Gasteiger partial charge >= 0.3 is 6.36 Å². The standard InChI is InChI=1S/C14H18F3N3O.HI/c15-14(16,17)21-12-7-2-1-6-11(12)9-20-13(18)19-8-10-4-3-5-10;/h1-2,6-7,10H,3-5,8-9H2,(H3,18,19,20);1H. The molecular weight excluding hydrogens is 410 g/mol. The molecule has 2 rings (SSSR count). The van der Waals surface area contributed by atoms with Crippen LogP contribution in [0, 0.1) is 5.92 Å². The van der Waals surface area contributed by atoms with Gasteiger partial charge < -0.3 is 15.8 Å². The molecule has 0 radical (unpaired) electrons. The summed E-state index contributed by atoms with van der Waals surface area (Å²) >= 11 is 0. The molecule has 0 atom stereocenters. The molecule has 124 valence electrons. The SMILES string of the molecule is I.NC(=NCc1ccccc1OC(F)(F)F)NCC1CCC1. The Morgan fingerprint density at radius 3 is 2.59 bits per heavy atom. The summed E-state index contributed by atoms with van der Waals surface area (Å²) in [4.78, 5) is 4.05. The molecular formula is C14H19F3IN3O. The Balaban J connectivity index is 0.00000242. The summed E-state index contributed by atoms with van der Waals surface area (Å²) in [5.41, 5.74) is 6.04. The van der Waals surface area contributed by atoms with Crippen LogP contribution in [0.5, 0.6) is 5.75 Å². The number of hydrogen-bond acceptors (Lipinski definition) is 2. The number of nitrogens with one attached hydrogen (secondary N) is 1. The predicted molar refractivity (Wildman–Crippen MR) is 89.2 cm³/mol. The molecule has 1 saturated carbocycles. The lowest BCUT2D eigenvalue weighted by atomic mass is 9.85. The lowest BCUT2D eigenvalue weighted by Crippen LogP contribution is -2.37. The van der Waals surface area contributed by atoms with E-state index >= 15 is 0 Å². The highest BCUT2D eigenvalue weighted by Gasteiger charge is 2.31. The van der Waals surface area contributed by atoms with Crippen molar-refractivity contribution in [3.8, 4) is 5.75 Å². The van der Waals surface area contributed by atoms with E-state index in [1.165, 1.54) is 37.5 Å². The topological polar surface area (TPSA) is 59.6 Å². The van der Waals surface area contributed by atoms with Gasteiger partial charge in [-0.15, -0.1) is 37.1 Å². The molecule has 0 unspecified atom stereocenters. The van der Waals surface area contributed by atoms with Gasteiger partial charge in [0.05, 0.1) is 6.54 Å². The van der Waals surface area contributed by atoms with Crippen LogP contribution in [0.15, 0.2) is 29.3 Å². The monoisotopic (exact) mass is 429 g/mol. The molecule has 0 bridgehead atoms. The van der Waals surface area contributed by atoms with Gasteiger partial charge in [0.15, 0.2) is 5.96 Å². The van der Waals surface area contributed by atoms with Gasteiger partial charge in [-0.2, -0.15) is 0 Å². The van der Waals surface area contributed by atoms with Gasteiger partial charge in [0.2, 0.25) is 0 Å². The molecule has 3 N–H and O–H groups in total. The van der Waals surface area contributed by atoms with Gasteiger partial charge in [0.1, 0.15) is 5.75 Å². The summed E-state index contributed by atoms with van der Waals surface area (Å²) in [6.45, 7) is 0.797. The minimum atomic E-state index is -4.71. The number of ether oxygens (including phenoxy) is 1. The first-order chi connectivity index (χ1) is 9.94. The average molecular weight is 429 g/mol. The lowest BCUT2D eigenvalue weighted by molar-refractivity contribution is -0.274. The van der Waals surface area contributed by atoms with Crippen molar-refractivity contribution in [3.63, 3.8) is 0 Å². The van der Waals surface area contributed by atoms with E-state index in [1.54, 1.807) is 6.07 Å². The molecule has 4 nitrogen and oxygen atoms in total. The third kappa shape index (κ3) is 6.29. The number of hydrogen-bond donors (Lipinski definition) is 2. The second-order valence-corrected chi connectivity index (χ2v) is 5.03. The maximum absolute atomic E-state index is 12.3. The van der Waals surface area contributed by atoms with Crippen molar-refractivity contribution >= 4 is 29.9 Å². The van der Waals surface area contributed by atoms with E-state index in [4.69, 9.17) is 5.73 Å². The molecule has 0 aromatic heterocycles. The molecule has 0 amide bonds. The van der Waals surface area contributed by atoms with Crippen LogP contribution >= 0.6 is 24.0 Å². The lowest BCUT2D eigenvalue weighted by Gasteiger charge is -2.25. The average Bonchev–Trinajstić information content (AvgIpc) is 2.34. The Labute approximate surface area is 144 Å². The molecule has 0 aliphatic heterocycles. The van der Waals surface area contributed by atoms with Crippen molar-refractivity contribution in [2.45, 2.75) is 32.2 Å². The third-order valence-corrected chi connectivity index (χ3v) is 3.41. The summed E-state index contributed by atoms with van der Waals surface area (Å²) < 4.78 is 40.8. The highest BCUT2D eigenvalue weighted by molar-refractivity contribution is 14.0. The second kappa shape index (κ2) is 8.44. The fourth-order valence-corrected chi connectivity index (χ4v) is 2.03. The second-order valence-electron chi connectivity index (χ2n) is 5.03. The molecule has 0 heterocycles. The van der Waals surface area contributed by atoms with Crippen molar-refractivity contribution in [2.24, 2.45) is 16.6 Å². The van der Waals surface area contributed by atoms with Crippen LogP contribution in [-0.4, -0.2) is 18.9 Å². The number of rotatable bonds is 5. The molecule has 0 saturated heterocycles. The van der Waals surface area contributed by atoms with Crippen LogP contribution < -0.4 is 15.8 Å². The van der Waals surface area contributed by atoms with Crippen LogP contribution in [0.1, 0.15) is 24.8 Å². The van der Waals surface area contributed by atoms with Gasteiger partial charge in [0, 0.05) is 12.1 Å². The highest BCUT2D eigenvalue weighted by Crippen LogP contribution is 2.27. The van der Waals surface area contributed by atoms with Crippen molar-refractivity contribution < 1.29 is 17.9 Å². The number of halogens is 4. The summed E-state index contributed by atoms with van der Waals surface area (Å²) in [7, 11) is 0. The van der Waals surface area contributed by atoms with E-state index in [0.29, 0.717) is 11.5 Å². The molecule has 1 aliphatic rings. The maximum Gasteiger partial charge on any atom is 0.573 e. The fraction of sp³-hybridized carbons (Fsp3) is 0.500. The van der Waals surface area contributed by atoms with Crippen LogP contribution in [0.4, 0.5) is 13.2 Å². The number of aliphatic imine (C=N–C) groups is 1. The minimum Gasteiger partial charge on any atom is -0.405 e. The van der Waals surface area contributed by atoms with Crippen LogP contribution in [0.2, 0.25) is 0 Å². The first-order valence-electron chi connectivity index (χ1n) is 6.81. The minimum absolute atomic E-state index is 0. The van der Waals surface area contributed by atoms with Crippen LogP contribution in [0.25, 0.3) is 0 Å². The van der Waals surface area contributed by atoms with Gasteiger partial charge in [-0.25, -0.2) is 4.99 Å². The van der Waals surface area contributed by atoms with Crippen LogP contribution in [0.3, 0.4) is 0 Å². The fourth-order valence-electron chi connectivity index (χ4n) is 2.03. The quantitative estimate of drug-likeness (QED) is 0.429. The summed E-state index contributed by atoms with van der Waals surface area (Å²) in [5.74, 6) is 0.615. The zero-order chi connectivity index (χ0) is 15.3. The highest BCUT2D eigenvalue weighted by atomic mass is 127. The first-order valence-corrected chi connectivity index (χ1v) is 6.81. The van der Waals surface area contributed by atoms with Gasteiger partial charge in [0.25, 0.3) is 0 Å². The summed E-state index contributed by atoms with van der Waals surface area (Å²) in [6.07, 6.45) is -1.11. The number of alkyl halides is 3. The van der Waals surface area contributed by atoms with Gasteiger partial charge in [-0.3, -0.25) is 0 Å². The largest absolute Gasteiger partial charge is 0.573 e. The van der Waals surface area contributed by atoms with Gasteiger partial charge in [-0.05, 0) is 24.8 Å². The van der Waals surface area contributed by atoms with Crippen molar-refractivity contribution in [2.75, 3.05) is 6.54 Å². The Hall–Kier alpha value is -1.19. The van der Waals surface area contributed by atoms with Crippen LogP contribution in [-0.2, 0) is 6.54 Å². The smallest absolute Gasteiger partial charge is 0.405 e. The number of guanidine groups is 1. The van der Waals surface area contributed by atoms with E-state index in [-0.39, 0.29) is 42.2 Å². The zero-order valence-electron chi connectivity index (χ0n) is 11.9. The van der Waals surface area contributed by atoms with E-state index in [2.05, 4.69) is 15.0 Å². The zero-order valence-corrected chi connectivity index (χ0v) is 14.2. The number of nitrogens with zero attached hydrogens (tertiary/aromatic N) is 1. The van der Waals surface area contributed by atoms with E-state index in [9.17, 15) is 13.2 Å². The molecule has 1 aliphatic carbocycles. The number of benzene rings is 1. The molecule has 8 heteroatoms. The van der Waals surface area contributed by atoms with E-state index in [1.807, 2.05) is 0 Å². The Morgan fingerprint density at radius 2 is 2.00 bits per heavy atom. The summed E-state index contributed by atoms with van der Waals surface area (Å²) in [5, 5.41) is 2.99. The number of nitrogens with two attached hydrogens (primary N) is 1. The Morgan fingerprint density at radius 1 is 1.32 bits per heavy atom. The molecule has 1 fully saturated rings. The first kappa shape index (κ1) is 18.9. The Kier molecular flexibility index (Phi) is 7.24. The van der Waals surface area contributed by atoms with Crippen molar-refractivity contribution in [3.05, 3.63) is 29.8 Å². The molecule has 1 aromatic carbocycles. The van der Waals surface area contributed by atoms with E-state index in [0.717, 1.165) is 6.54 Å². The third-order valence-electron chi connectivity index (χ3n) is 3.41. The van der Waals surface area contributed by atoms with Gasteiger partial charge in [-0.1, -0.05) is 24.6 Å². The predicted octanol–water partition coefficient (Wildman–Crippen LogP) is 3.41. The molecule has 1 aromatic rings. The van der Waals surface area contributed by atoms with E-state index < -0.39 is 6.36 Å². The summed E-state index contributed by atoms with van der Waals surface area (Å²) in [6, 6.07) is 5.90. The normalized spacial score (nSPS) is 15.7. The van der Waals surface area contributed by atoms with Crippen molar-refractivity contribution in [1.82, 2.24) is 5.32 Å². The Bertz CT molecular complexity index is 504. The van der Waals surface area contributed by atoms with Crippen molar-refractivity contribution in [1.29, 1.82) is 0 Å².